The molecular weight excluding hydrogens is 345 g/mol. The highest BCUT2D eigenvalue weighted by Gasteiger charge is 2.19. The molecule has 3 rings (SSSR count). The van der Waals surface area contributed by atoms with Gasteiger partial charge in [-0.3, -0.25) is 9.52 Å². The van der Waals surface area contributed by atoms with Gasteiger partial charge in [0.15, 0.2) is 5.78 Å². The smallest absolute Gasteiger partial charge is 0.232 e. The van der Waals surface area contributed by atoms with Gasteiger partial charge < -0.3 is 4.98 Å². The highest BCUT2D eigenvalue weighted by molar-refractivity contribution is 7.92. The largest absolute Gasteiger partial charge is 0.345 e. The second kappa shape index (κ2) is 6.64. The number of rotatable bonds is 6. The molecule has 25 heavy (non-hydrogen) atoms. The lowest BCUT2D eigenvalue weighted by Gasteiger charge is -2.09. The summed E-state index contributed by atoms with van der Waals surface area (Å²) in [6.07, 6.45) is 3.49. The summed E-state index contributed by atoms with van der Waals surface area (Å²) >= 11 is 0. The van der Waals surface area contributed by atoms with Crippen molar-refractivity contribution in [2.75, 3.05) is 10.5 Å². The molecule has 0 unspecified atom stereocenters. The van der Waals surface area contributed by atoms with Crippen LogP contribution in [0.25, 0.3) is 11.0 Å². The topological polar surface area (TPSA) is 91.9 Å². The second-order valence-electron chi connectivity index (χ2n) is 5.55. The highest BCUT2D eigenvalue weighted by Crippen LogP contribution is 2.23. The van der Waals surface area contributed by atoms with Crippen molar-refractivity contribution in [1.82, 2.24) is 9.97 Å². The lowest BCUT2D eigenvalue weighted by atomic mass is 10.0. The van der Waals surface area contributed by atoms with Crippen LogP contribution in [0.5, 0.6) is 0 Å². The Morgan fingerprint density at radius 3 is 2.84 bits per heavy atom. The number of H-pyrrole nitrogens is 1. The third kappa shape index (κ3) is 3.53. The predicted octanol–water partition coefficient (Wildman–Crippen LogP) is 3.08. The van der Waals surface area contributed by atoms with Crippen LogP contribution in [0, 0.1) is 5.82 Å². The molecule has 0 aliphatic rings. The molecule has 0 aliphatic heterocycles. The van der Waals surface area contributed by atoms with Crippen molar-refractivity contribution in [2.24, 2.45) is 0 Å². The first-order valence-corrected chi connectivity index (χ1v) is 9.33. The van der Waals surface area contributed by atoms with Gasteiger partial charge in [0.25, 0.3) is 0 Å². The fourth-order valence-corrected chi connectivity index (χ4v) is 3.68. The fourth-order valence-electron chi connectivity index (χ4n) is 2.55. The van der Waals surface area contributed by atoms with Gasteiger partial charge in [0, 0.05) is 29.0 Å². The molecule has 0 fully saturated rings. The number of halogens is 1. The number of hydrogen-bond donors (Lipinski definition) is 2. The molecule has 0 saturated carbocycles. The molecule has 2 heterocycles. The Morgan fingerprint density at radius 1 is 1.28 bits per heavy atom. The summed E-state index contributed by atoms with van der Waals surface area (Å²) in [5.74, 6) is -1.32. The Bertz CT molecular complexity index is 1040. The molecule has 3 aromatic rings. The molecule has 0 spiro atoms. The maximum Gasteiger partial charge on any atom is 0.232 e. The molecule has 0 radical (unpaired) electrons. The minimum Gasteiger partial charge on any atom is -0.345 e. The van der Waals surface area contributed by atoms with E-state index in [1.165, 1.54) is 18.3 Å². The number of carbonyl (C=O) groups excluding carboxylic acids is 1. The standard InChI is InChI=1S/C17H16FN3O3S/c1-2-8-25(23,24)21-11-5-6-15(18)13(9-11)16(22)14-10-20-17-12(14)4-3-7-19-17/h3-7,9-10,21H,2,8H2,1H3,(H,19,20). The van der Waals surface area contributed by atoms with E-state index in [-0.39, 0.29) is 22.6 Å². The monoisotopic (exact) mass is 361 g/mol. The van der Waals surface area contributed by atoms with Crippen molar-refractivity contribution in [3.63, 3.8) is 0 Å². The van der Waals surface area contributed by atoms with Gasteiger partial charge in [-0.25, -0.2) is 17.8 Å². The van der Waals surface area contributed by atoms with Crippen molar-refractivity contribution < 1.29 is 17.6 Å². The summed E-state index contributed by atoms with van der Waals surface area (Å²) in [5, 5.41) is 0.573. The molecule has 0 bridgehead atoms. The van der Waals surface area contributed by atoms with Crippen molar-refractivity contribution in [1.29, 1.82) is 0 Å². The second-order valence-corrected chi connectivity index (χ2v) is 7.39. The molecule has 2 N–H and O–H groups in total. The molecule has 0 atom stereocenters. The summed E-state index contributed by atoms with van der Waals surface area (Å²) in [4.78, 5) is 19.7. The van der Waals surface area contributed by atoms with E-state index in [0.29, 0.717) is 17.5 Å². The number of aromatic amines is 1. The number of hydrogen-bond acceptors (Lipinski definition) is 4. The van der Waals surface area contributed by atoms with Crippen molar-refractivity contribution in [3.05, 3.63) is 59.7 Å². The summed E-state index contributed by atoms with van der Waals surface area (Å²) in [5.41, 5.74) is 0.735. The average Bonchev–Trinajstić information content (AvgIpc) is 2.99. The van der Waals surface area contributed by atoms with Gasteiger partial charge in [0.05, 0.1) is 11.3 Å². The van der Waals surface area contributed by atoms with Crippen LogP contribution in [-0.2, 0) is 10.0 Å². The average molecular weight is 361 g/mol. The number of nitrogens with zero attached hydrogens (tertiary/aromatic N) is 1. The minimum absolute atomic E-state index is 0.0538. The normalized spacial score (nSPS) is 11.6. The summed E-state index contributed by atoms with van der Waals surface area (Å²) in [7, 11) is -3.53. The zero-order chi connectivity index (χ0) is 18.0. The van der Waals surface area contributed by atoms with E-state index >= 15 is 0 Å². The number of benzene rings is 1. The number of nitrogens with one attached hydrogen (secondary N) is 2. The predicted molar refractivity (Wildman–Crippen MR) is 93.6 cm³/mol. The van der Waals surface area contributed by atoms with E-state index < -0.39 is 21.6 Å². The number of pyridine rings is 1. The van der Waals surface area contributed by atoms with Gasteiger partial charge in [-0.2, -0.15) is 0 Å². The first-order valence-electron chi connectivity index (χ1n) is 7.68. The van der Waals surface area contributed by atoms with Gasteiger partial charge >= 0.3 is 0 Å². The molecule has 1 aromatic carbocycles. The van der Waals surface area contributed by atoms with Crippen LogP contribution < -0.4 is 4.72 Å². The number of anilines is 1. The van der Waals surface area contributed by atoms with E-state index in [1.807, 2.05) is 0 Å². The third-order valence-electron chi connectivity index (χ3n) is 3.65. The Labute approximate surface area is 144 Å². The number of aromatic nitrogens is 2. The Kier molecular flexibility index (Phi) is 4.54. The van der Waals surface area contributed by atoms with Crippen molar-refractivity contribution >= 4 is 32.5 Å². The SMILES string of the molecule is CCCS(=O)(=O)Nc1ccc(F)c(C(=O)c2c[nH]c3ncccc23)c1. The Morgan fingerprint density at radius 2 is 2.08 bits per heavy atom. The Balaban J connectivity index is 1.99. The van der Waals surface area contributed by atoms with E-state index in [9.17, 15) is 17.6 Å². The van der Waals surface area contributed by atoms with E-state index in [2.05, 4.69) is 14.7 Å². The molecule has 0 amide bonds. The fraction of sp³-hybridized carbons (Fsp3) is 0.176. The number of fused-ring (bicyclic) bond motifs is 1. The lowest BCUT2D eigenvalue weighted by Crippen LogP contribution is -2.16. The molecule has 2 aromatic heterocycles. The van der Waals surface area contributed by atoms with Gasteiger partial charge in [-0.05, 0) is 36.8 Å². The first kappa shape index (κ1) is 17.1. The van der Waals surface area contributed by atoms with E-state index in [4.69, 9.17) is 0 Å². The first-order chi connectivity index (χ1) is 11.9. The summed E-state index contributed by atoms with van der Waals surface area (Å²) in [6, 6.07) is 6.96. The van der Waals surface area contributed by atoms with Crippen LogP contribution in [0.1, 0.15) is 29.3 Å². The summed E-state index contributed by atoms with van der Waals surface area (Å²) in [6.45, 7) is 1.74. The van der Waals surface area contributed by atoms with Crippen LogP contribution in [0.15, 0.2) is 42.7 Å². The van der Waals surface area contributed by atoms with E-state index in [1.54, 1.807) is 25.3 Å². The van der Waals surface area contributed by atoms with Crippen LogP contribution in [0.3, 0.4) is 0 Å². The maximum absolute atomic E-state index is 14.2. The molecule has 0 aliphatic carbocycles. The van der Waals surface area contributed by atoms with Crippen molar-refractivity contribution in [2.45, 2.75) is 13.3 Å². The van der Waals surface area contributed by atoms with Gasteiger partial charge in [-0.1, -0.05) is 6.92 Å². The zero-order valence-electron chi connectivity index (χ0n) is 13.4. The molecule has 130 valence electrons. The molecular formula is C17H16FN3O3S. The third-order valence-corrected chi connectivity index (χ3v) is 5.15. The Hall–Kier alpha value is -2.74. The van der Waals surface area contributed by atoms with Crippen molar-refractivity contribution in [3.8, 4) is 0 Å². The maximum atomic E-state index is 14.2. The number of sulfonamides is 1. The highest BCUT2D eigenvalue weighted by atomic mass is 32.2. The van der Waals surface area contributed by atoms with Crippen LogP contribution in [0.2, 0.25) is 0 Å². The number of carbonyl (C=O) groups is 1. The quantitative estimate of drug-likeness (QED) is 0.660. The van der Waals surface area contributed by atoms with Crippen LogP contribution >= 0.6 is 0 Å². The van der Waals surface area contributed by atoms with Crippen LogP contribution in [-0.4, -0.2) is 29.9 Å². The number of ketones is 1. The summed E-state index contributed by atoms with van der Waals surface area (Å²) < 4.78 is 40.3. The van der Waals surface area contributed by atoms with E-state index in [0.717, 1.165) is 6.07 Å². The minimum atomic E-state index is -3.53. The zero-order valence-corrected chi connectivity index (χ0v) is 14.2. The van der Waals surface area contributed by atoms with Gasteiger partial charge in [0.1, 0.15) is 11.5 Å². The van der Waals surface area contributed by atoms with Gasteiger partial charge in [-0.15, -0.1) is 0 Å². The molecule has 0 saturated heterocycles. The molecule has 6 nitrogen and oxygen atoms in total. The van der Waals surface area contributed by atoms with Gasteiger partial charge in [0.2, 0.25) is 10.0 Å². The molecule has 8 heteroatoms. The lowest BCUT2D eigenvalue weighted by molar-refractivity contribution is 0.103. The van der Waals surface area contributed by atoms with Crippen LogP contribution in [0.4, 0.5) is 10.1 Å².